The van der Waals surface area contributed by atoms with Crippen LogP contribution in [-0.2, 0) is 15.9 Å². The van der Waals surface area contributed by atoms with Crippen molar-refractivity contribution in [1.82, 2.24) is 9.80 Å². The second-order valence-electron chi connectivity index (χ2n) is 9.61. The Morgan fingerprint density at radius 1 is 1.31 bits per heavy atom. The Morgan fingerprint density at radius 2 is 2.06 bits per heavy atom. The zero-order valence-corrected chi connectivity index (χ0v) is 18.8. The van der Waals surface area contributed by atoms with Crippen molar-refractivity contribution in [2.24, 2.45) is 0 Å². The number of nitrogens with zero attached hydrogens (tertiary/aromatic N) is 3. The van der Waals surface area contributed by atoms with E-state index in [1.54, 1.807) is 15.9 Å². The van der Waals surface area contributed by atoms with Crippen LogP contribution in [0.15, 0.2) is 12.1 Å². The van der Waals surface area contributed by atoms with Gasteiger partial charge in [0.05, 0.1) is 24.2 Å². The topological polar surface area (TPSA) is 114 Å². The zero-order chi connectivity index (χ0) is 23.0. The SMILES string of the molecule is CC(C)(C)OC(=O)N1CCOCC1CN1CCc2cc(NC3CC3)c([N+](=O)[O-])cc2C1=O. The number of amides is 2. The first-order valence-electron chi connectivity index (χ1n) is 11.1. The molecule has 1 aromatic carbocycles. The maximum absolute atomic E-state index is 13.2. The second kappa shape index (κ2) is 8.57. The number of benzene rings is 1. The van der Waals surface area contributed by atoms with E-state index in [9.17, 15) is 19.7 Å². The summed E-state index contributed by atoms with van der Waals surface area (Å²) in [4.78, 5) is 40.3. The molecule has 1 saturated heterocycles. The smallest absolute Gasteiger partial charge is 0.410 e. The van der Waals surface area contributed by atoms with Crippen LogP contribution in [0.5, 0.6) is 0 Å². The average Bonchev–Trinajstić information content (AvgIpc) is 3.53. The quantitative estimate of drug-likeness (QED) is 0.546. The number of carbonyl (C=O) groups excluding carboxylic acids is 2. The van der Waals surface area contributed by atoms with Gasteiger partial charge in [0, 0.05) is 37.3 Å². The predicted octanol–water partition coefficient (Wildman–Crippen LogP) is 2.80. The van der Waals surface area contributed by atoms with Gasteiger partial charge < -0.3 is 19.7 Å². The van der Waals surface area contributed by atoms with Gasteiger partial charge in [-0.2, -0.15) is 0 Å². The van der Waals surface area contributed by atoms with Crippen LogP contribution >= 0.6 is 0 Å². The summed E-state index contributed by atoms with van der Waals surface area (Å²) in [5.41, 5.74) is 0.940. The van der Waals surface area contributed by atoms with Crippen LogP contribution in [0, 0.1) is 10.1 Å². The monoisotopic (exact) mass is 446 g/mol. The molecule has 174 valence electrons. The van der Waals surface area contributed by atoms with Gasteiger partial charge in [-0.15, -0.1) is 0 Å². The van der Waals surface area contributed by atoms with Crippen LogP contribution < -0.4 is 5.32 Å². The fourth-order valence-electron chi connectivity index (χ4n) is 4.08. The van der Waals surface area contributed by atoms with E-state index < -0.39 is 16.6 Å². The molecule has 1 saturated carbocycles. The third kappa shape index (κ3) is 4.95. The van der Waals surface area contributed by atoms with Crippen molar-refractivity contribution in [3.63, 3.8) is 0 Å². The number of hydrogen-bond acceptors (Lipinski definition) is 7. The van der Waals surface area contributed by atoms with E-state index in [4.69, 9.17) is 9.47 Å². The summed E-state index contributed by atoms with van der Waals surface area (Å²) in [6.45, 7) is 7.30. The Kier molecular flexibility index (Phi) is 5.98. The van der Waals surface area contributed by atoms with Crippen molar-refractivity contribution in [2.75, 3.05) is 38.2 Å². The number of nitro benzene ring substituents is 1. The molecule has 1 atom stereocenters. The predicted molar refractivity (Wildman–Crippen MR) is 117 cm³/mol. The van der Waals surface area contributed by atoms with Crippen molar-refractivity contribution in [1.29, 1.82) is 0 Å². The largest absolute Gasteiger partial charge is 0.444 e. The third-order valence-corrected chi connectivity index (χ3v) is 5.81. The van der Waals surface area contributed by atoms with Gasteiger partial charge >= 0.3 is 6.09 Å². The molecule has 1 N–H and O–H groups in total. The lowest BCUT2D eigenvalue weighted by molar-refractivity contribution is -0.384. The fraction of sp³-hybridized carbons (Fsp3) is 0.636. The first-order chi connectivity index (χ1) is 15.1. The summed E-state index contributed by atoms with van der Waals surface area (Å²) in [7, 11) is 0. The Morgan fingerprint density at radius 3 is 2.72 bits per heavy atom. The van der Waals surface area contributed by atoms with Gasteiger partial charge in [0.1, 0.15) is 11.3 Å². The lowest BCUT2D eigenvalue weighted by Crippen LogP contribution is -2.56. The van der Waals surface area contributed by atoms with Crippen molar-refractivity contribution in [3.8, 4) is 0 Å². The van der Waals surface area contributed by atoms with E-state index >= 15 is 0 Å². The van der Waals surface area contributed by atoms with Crippen LogP contribution in [0.25, 0.3) is 0 Å². The molecule has 1 aromatic rings. The van der Waals surface area contributed by atoms with E-state index in [0.29, 0.717) is 44.0 Å². The molecular weight excluding hydrogens is 416 g/mol. The highest BCUT2D eigenvalue weighted by Gasteiger charge is 2.36. The highest BCUT2D eigenvalue weighted by Crippen LogP contribution is 2.35. The number of nitro groups is 1. The van der Waals surface area contributed by atoms with E-state index in [1.807, 2.05) is 20.8 Å². The fourth-order valence-corrected chi connectivity index (χ4v) is 4.08. The van der Waals surface area contributed by atoms with Gasteiger partial charge in [-0.3, -0.25) is 19.8 Å². The molecule has 0 radical (unpaired) electrons. The van der Waals surface area contributed by atoms with Gasteiger partial charge in [0.2, 0.25) is 0 Å². The summed E-state index contributed by atoms with van der Waals surface area (Å²) < 4.78 is 11.1. The number of fused-ring (bicyclic) bond motifs is 1. The Labute approximate surface area is 187 Å². The first kappa shape index (κ1) is 22.3. The number of morpholine rings is 1. The molecule has 2 aliphatic heterocycles. The summed E-state index contributed by atoms with van der Waals surface area (Å²) in [5, 5.41) is 14.8. The van der Waals surface area contributed by atoms with E-state index in [0.717, 1.165) is 18.4 Å². The number of carbonyl (C=O) groups is 2. The lowest BCUT2D eigenvalue weighted by Gasteiger charge is -2.40. The molecule has 4 rings (SSSR count). The molecule has 10 nitrogen and oxygen atoms in total. The minimum absolute atomic E-state index is 0.0813. The summed E-state index contributed by atoms with van der Waals surface area (Å²) >= 11 is 0. The normalized spacial score (nSPS) is 21.2. The number of nitrogens with one attached hydrogen (secondary N) is 1. The molecule has 1 unspecified atom stereocenters. The molecule has 10 heteroatoms. The molecule has 1 aliphatic carbocycles. The highest BCUT2D eigenvalue weighted by atomic mass is 16.6. The van der Waals surface area contributed by atoms with Gasteiger partial charge in [-0.1, -0.05) is 0 Å². The molecule has 2 heterocycles. The number of rotatable bonds is 5. The molecular formula is C22H30N4O6. The minimum atomic E-state index is -0.620. The second-order valence-corrected chi connectivity index (χ2v) is 9.61. The van der Waals surface area contributed by atoms with Crippen molar-refractivity contribution < 1.29 is 24.0 Å². The van der Waals surface area contributed by atoms with Gasteiger partial charge in [-0.05, 0) is 51.7 Å². The average molecular weight is 447 g/mol. The highest BCUT2D eigenvalue weighted by molar-refractivity contribution is 5.98. The maximum atomic E-state index is 13.2. The zero-order valence-electron chi connectivity index (χ0n) is 18.8. The Balaban J connectivity index is 1.51. The van der Waals surface area contributed by atoms with Crippen LogP contribution in [0.3, 0.4) is 0 Å². The van der Waals surface area contributed by atoms with Gasteiger partial charge in [0.25, 0.3) is 11.6 Å². The number of hydrogen-bond donors (Lipinski definition) is 1. The number of anilines is 1. The molecule has 0 aromatic heterocycles. The van der Waals surface area contributed by atoms with Crippen LogP contribution in [0.2, 0.25) is 0 Å². The molecule has 32 heavy (non-hydrogen) atoms. The van der Waals surface area contributed by atoms with Crippen LogP contribution in [-0.4, -0.2) is 77.3 Å². The van der Waals surface area contributed by atoms with Crippen molar-refractivity contribution in [2.45, 2.75) is 57.7 Å². The summed E-state index contributed by atoms with van der Waals surface area (Å²) in [6.07, 6.45) is 2.16. The molecule has 0 bridgehead atoms. The lowest BCUT2D eigenvalue weighted by atomic mass is 9.96. The molecule has 2 amide bonds. The molecule has 2 fully saturated rings. The van der Waals surface area contributed by atoms with Crippen molar-refractivity contribution in [3.05, 3.63) is 33.4 Å². The van der Waals surface area contributed by atoms with E-state index in [-0.39, 0.29) is 30.2 Å². The van der Waals surface area contributed by atoms with Gasteiger partial charge in [-0.25, -0.2) is 4.79 Å². The van der Waals surface area contributed by atoms with Crippen LogP contribution in [0.4, 0.5) is 16.2 Å². The summed E-state index contributed by atoms with van der Waals surface area (Å²) in [6, 6.07) is 3.07. The summed E-state index contributed by atoms with van der Waals surface area (Å²) in [5.74, 6) is -0.262. The molecule has 0 spiro atoms. The van der Waals surface area contributed by atoms with E-state index in [1.165, 1.54) is 6.07 Å². The standard InChI is InChI=1S/C22H30N4O6/c1-22(2,3)32-21(28)25-8-9-31-13-16(25)12-24-7-6-14-10-18(23-15-4-5-15)19(26(29)30)11-17(14)20(24)27/h10-11,15-16,23H,4-9,12-13H2,1-3H3. The van der Waals surface area contributed by atoms with Gasteiger partial charge in [0.15, 0.2) is 0 Å². The number of ether oxygens (including phenoxy) is 2. The van der Waals surface area contributed by atoms with Crippen LogP contribution in [0.1, 0.15) is 49.5 Å². The third-order valence-electron chi connectivity index (χ3n) is 5.81. The Hall–Kier alpha value is -2.88. The first-order valence-corrected chi connectivity index (χ1v) is 11.1. The van der Waals surface area contributed by atoms with E-state index in [2.05, 4.69) is 5.32 Å². The maximum Gasteiger partial charge on any atom is 0.410 e. The van der Waals surface area contributed by atoms with Crippen molar-refractivity contribution >= 4 is 23.4 Å². The minimum Gasteiger partial charge on any atom is -0.444 e. The molecule has 3 aliphatic rings. The Bertz CT molecular complexity index is 924.